The Labute approximate surface area is 111 Å². The summed E-state index contributed by atoms with van der Waals surface area (Å²) in [5, 5.41) is 11.8. The molecule has 98 valence electrons. The van der Waals surface area contributed by atoms with Crippen molar-refractivity contribution in [1.82, 2.24) is 0 Å². The summed E-state index contributed by atoms with van der Waals surface area (Å²) < 4.78 is 5.69. The van der Waals surface area contributed by atoms with Gasteiger partial charge in [-0.3, -0.25) is 4.79 Å². The van der Waals surface area contributed by atoms with Gasteiger partial charge in [0.2, 0.25) is 0 Å². The van der Waals surface area contributed by atoms with E-state index in [1.807, 2.05) is 36.4 Å². The van der Waals surface area contributed by atoms with Crippen molar-refractivity contribution >= 4 is 11.6 Å². The third kappa shape index (κ3) is 3.56. The molecule has 4 nitrogen and oxygen atoms in total. The fraction of sp³-hybridized carbons (Fsp3) is 0.133. The first-order chi connectivity index (χ1) is 9.16. The van der Waals surface area contributed by atoms with Crippen molar-refractivity contribution in [2.24, 2.45) is 0 Å². The van der Waals surface area contributed by atoms with E-state index in [9.17, 15) is 9.90 Å². The molecule has 4 heteroatoms. The van der Waals surface area contributed by atoms with Crippen LogP contribution in [0.5, 0.6) is 11.5 Å². The number of hydrogen-bond acceptors (Lipinski definition) is 3. The predicted octanol–water partition coefficient (Wildman–Crippen LogP) is 2.80. The van der Waals surface area contributed by atoms with E-state index in [0.717, 1.165) is 0 Å². The lowest BCUT2D eigenvalue weighted by Gasteiger charge is -2.12. The minimum atomic E-state index is -1.07. The Morgan fingerprint density at radius 2 is 1.74 bits per heavy atom. The van der Waals surface area contributed by atoms with Crippen LogP contribution in [0.15, 0.2) is 54.6 Å². The summed E-state index contributed by atoms with van der Waals surface area (Å²) in [5.74, 6) is 0.744. The van der Waals surface area contributed by atoms with Gasteiger partial charge in [-0.1, -0.05) is 30.3 Å². The summed E-state index contributed by atoms with van der Waals surface area (Å²) in [6, 6.07) is 16.4. The third-order valence-electron chi connectivity index (χ3n) is 2.50. The van der Waals surface area contributed by atoms with Gasteiger partial charge in [0.15, 0.2) is 5.75 Å². The molecule has 0 aliphatic heterocycles. The second-order valence-electron chi connectivity index (χ2n) is 4.08. The molecular weight excluding hydrogens is 242 g/mol. The van der Waals surface area contributed by atoms with E-state index >= 15 is 0 Å². The second kappa shape index (κ2) is 6.02. The molecule has 0 aliphatic carbocycles. The maximum absolute atomic E-state index is 11.5. The number of hydrogen-bond donors (Lipinski definition) is 2. The number of benzene rings is 2. The number of carbonyl (C=O) groups excluding carboxylic acids is 1. The molecule has 0 aromatic heterocycles. The number of anilines is 1. The topological polar surface area (TPSA) is 58.6 Å². The van der Waals surface area contributed by atoms with E-state index in [2.05, 4.69) is 5.32 Å². The van der Waals surface area contributed by atoms with Crippen molar-refractivity contribution in [3.05, 3.63) is 54.6 Å². The highest BCUT2D eigenvalue weighted by Gasteiger charge is 2.12. The van der Waals surface area contributed by atoms with Crippen molar-refractivity contribution in [2.45, 2.75) is 13.0 Å². The fourth-order valence-corrected chi connectivity index (χ4v) is 1.51. The number of rotatable bonds is 4. The van der Waals surface area contributed by atoms with Crippen LogP contribution in [0.3, 0.4) is 0 Å². The number of para-hydroxylation sites is 3. The average molecular weight is 257 g/mol. The van der Waals surface area contributed by atoms with Crippen LogP contribution in [0.4, 0.5) is 5.69 Å². The lowest BCUT2D eigenvalue weighted by Crippen LogP contribution is -2.24. The second-order valence-corrected chi connectivity index (χ2v) is 4.08. The fourth-order valence-electron chi connectivity index (χ4n) is 1.51. The Hall–Kier alpha value is -2.33. The molecule has 2 aromatic carbocycles. The molecule has 1 amide bonds. The molecular formula is C15H15NO3. The van der Waals surface area contributed by atoms with Gasteiger partial charge in [0, 0.05) is 0 Å². The molecule has 0 radical (unpaired) electrons. The summed E-state index contributed by atoms with van der Waals surface area (Å²) >= 11 is 0. The highest BCUT2D eigenvalue weighted by molar-refractivity contribution is 5.95. The van der Waals surface area contributed by atoms with E-state index in [1.54, 1.807) is 18.2 Å². The van der Waals surface area contributed by atoms with Crippen molar-refractivity contribution in [3.8, 4) is 11.5 Å². The van der Waals surface area contributed by atoms with Gasteiger partial charge in [0.25, 0.3) is 5.91 Å². The molecule has 0 aliphatic rings. The van der Waals surface area contributed by atoms with E-state index < -0.39 is 12.0 Å². The van der Waals surface area contributed by atoms with Gasteiger partial charge in [0.1, 0.15) is 11.9 Å². The van der Waals surface area contributed by atoms with Crippen LogP contribution in [0.25, 0.3) is 0 Å². The number of ether oxygens (including phenoxy) is 1. The molecule has 1 unspecified atom stereocenters. The number of nitrogens with one attached hydrogen (secondary N) is 1. The molecule has 19 heavy (non-hydrogen) atoms. The summed E-state index contributed by atoms with van der Waals surface area (Å²) in [4.78, 5) is 11.5. The SMILES string of the molecule is CC(O)C(=O)Nc1ccccc1Oc1ccccc1. The van der Waals surface area contributed by atoms with E-state index in [0.29, 0.717) is 17.2 Å². The van der Waals surface area contributed by atoms with Crippen LogP contribution in [0.1, 0.15) is 6.92 Å². The van der Waals surface area contributed by atoms with Gasteiger partial charge in [-0.2, -0.15) is 0 Å². The van der Waals surface area contributed by atoms with Crippen LogP contribution in [0.2, 0.25) is 0 Å². The van der Waals surface area contributed by atoms with Gasteiger partial charge in [-0.05, 0) is 31.2 Å². The van der Waals surface area contributed by atoms with Gasteiger partial charge in [-0.15, -0.1) is 0 Å². The quantitative estimate of drug-likeness (QED) is 0.885. The molecule has 2 N–H and O–H groups in total. The zero-order chi connectivity index (χ0) is 13.7. The third-order valence-corrected chi connectivity index (χ3v) is 2.50. The predicted molar refractivity (Wildman–Crippen MR) is 73.3 cm³/mol. The molecule has 2 aromatic rings. The first-order valence-corrected chi connectivity index (χ1v) is 5.97. The largest absolute Gasteiger partial charge is 0.455 e. The molecule has 0 saturated heterocycles. The number of amides is 1. The maximum atomic E-state index is 11.5. The maximum Gasteiger partial charge on any atom is 0.253 e. The number of carbonyl (C=O) groups is 1. The van der Waals surface area contributed by atoms with E-state index in [-0.39, 0.29) is 0 Å². The normalized spacial score (nSPS) is 11.7. The summed E-state index contributed by atoms with van der Waals surface area (Å²) in [6.45, 7) is 1.41. The summed E-state index contributed by atoms with van der Waals surface area (Å²) in [5.41, 5.74) is 0.525. The Morgan fingerprint density at radius 3 is 2.42 bits per heavy atom. The van der Waals surface area contributed by atoms with Crippen LogP contribution in [-0.2, 0) is 4.79 Å². The zero-order valence-corrected chi connectivity index (χ0v) is 10.5. The minimum Gasteiger partial charge on any atom is -0.455 e. The van der Waals surface area contributed by atoms with Crippen LogP contribution < -0.4 is 10.1 Å². The highest BCUT2D eigenvalue weighted by atomic mass is 16.5. The van der Waals surface area contributed by atoms with Gasteiger partial charge < -0.3 is 15.2 Å². The minimum absolute atomic E-state index is 0.468. The van der Waals surface area contributed by atoms with Crippen molar-refractivity contribution in [3.63, 3.8) is 0 Å². The van der Waals surface area contributed by atoms with Crippen LogP contribution >= 0.6 is 0 Å². The molecule has 0 bridgehead atoms. The lowest BCUT2D eigenvalue weighted by atomic mass is 10.2. The first-order valence-electron chi connectivity index (χ1n) is 5.97. The van der Waals surface area contributed by atoms with Crippen molar-refractivity contribution in [2.75, 3.05) is 5.32 Å². The van der Waals surface area contributed by atoms with Gasteiger partial charge in [0.05, 0.1) is 5.69 Å². The Bertz CT molecular complexity index is 552. The molecule has 0 saturated carbocycles. The standard InChI is InChI=1S/C15H15NO3/c1-11(17)15(18)16-13-9-5-6-10-14(13)19-12-7-3-2-4-8-12/h2-11,17H,1H3,(H,16,18). The zero-order valence-electron chi connectivity index (χ0n) is 10.5. The smallest absolute Gasteiger partial charge is 0.253 e. The molecule has 0 heterocycles. The van der Waals surface area contributed by atoms with E-state index in [1.165, 1.54) is 6.92 Å². The van der Waals surface area contributed by atoms with Gasteiger partial charge >= 0.3 is 0 Å². The van der Waals surface area contributed by atoms with E-state index in [4.69, 9.17) is 4.74 Å². The van der Waals surface area contributed by atoms with Crippen molar-refractivity contribution < 1.29 is 14.6 Å². The average Bonchev–Trinajstić information content (AvgIpc) is 2.42. The Balaban J connectivity index is 2.19. The van der Waals surface area contributed by atoms with Crippen LogP contribution in [0, 0.1) is 0 Å². The number of aliphatic hydroxyl groups excluding tert-OH is 1. The Morgan fingerprint density at radius 1 is 1.11 bits per heavy atom. The van der Waals surface area contributed by atoms with Gasteiger partial charge in [-0.25, -0.2) is 0 Å². The monoisotopic (exact) mass is 257 g/mol. The van der Waals surface area contributed by atoms with Crippen LogP contribution in [-0.4, -0.2) is 17.1 Å². The molecule has 1 atom stereocenters. The number of aliphatic hydroxyl groups is 1. The Kier molecular flexibility index (Phi) is 4.15. The highest BCUT2D eigenvalue weighted by Crippen LogP contribution is 2.29. The molecule has 2 rings (SSSR count). The first kappa shape index (κ1) is 13.1. The molecule has 0 spiro atoms. The van der Waals surface area contributed by atoms with Crippen molar-refractivity contribution in [1.29, 1.82) is 0 Å². The summed E-state index contributed by atoms with van der Waals surface area (Å²) in [7, 11) is 0. The lowest BCUT2D eigenvalue weighted by molar-refractivity contribution is -0.123. The summed E-state index contributed by atoms with van der Waals surface area (Å²) in [6.07, 6.45) is -1.07. The molecule has 0 fully saturated rings.